The van der Waals surface area contributed by atoms with E-state index in [0.717, 1.165) is 38.5 Å². The molecule has 0 aliphatic heterocycles. The highest BCUT2D eigenvalue weighted by Crippen LogP contribution is 2.65. The van der Waals surface area contributed by atoms with E-state index >= 15 is 0 Å². The number of carbonyl (C=O) groups is 1. The van der Waals surface area contributed by atoms with Gasteiger partial charge in [0, 0.05) is 11.8 Å². The Kier molecular flexibility index (Phi) is 4.04. The van der Waals surface area contributed by atoms with Gasteiger partial charge >= 0.3 is 0 Å². The zero-order valence-electron chi connectivity index (χ0n) is 17.3. The number of rotatable bonds is 2. The van der Waals surface area contributed by atoms with Crippen molar-refractivity contribution in [3.05, 3.63) is 58.7 Å². The van der Waals surface area contributed by atoms with Crippen LogP contribution in [0.4, 0.5) is 0 Å². The first-order valence-corrected chi connectivity index (χ1v) is 11.1. The Morgan fingerprint density at radius 2 is 1.89 bits per heavy atom. The molecule has 5 rings (SSSR count). The minimum absolute atomic E-state index is 0.167. The Balaban J connectivity index is 1.64. The standard InChI is InChI=1S/C26H32O2/c1-18-5-7-19(8-6-18)17-25-14-10-21(27)16-20(25)9-15-26(28)22-4-3-12-24(22,2)13-11-23(25)26/h5-8,11,16,22,28H,3-4,9-10,12-15,17H2,1-2H3/t22-,24+,25-,26?/m1/s1. The largest absolute Gasteiger partial charge is 0.385 e. The van der Waals surface area contributed by atoms with Crippen LogP contribution >= 0.6 is 0 Å². The molecule has 0 amide bonds. The van der Waals surface area contributed by atoms with E-state index in [9.17, 15) is 9.90 Å². The number of fused-ring (bicyclic) bond motifs is 5. The molecule has 4 aliphatic rings. The second-order valence-electron chi connectivity index (χ2n) is 10.2. The first-order valence-electron chi connectivity index (χ1n) is 11.1. The van der Waals surface area contributed by atoms with Crippen LogP contribution in [-0.2, 0) is 11.2 Å². The van der Waals surface area contributed by atoms with E-state index in [1.54, 1.807) is 0 Å². The Bertz CT molecular complexity index is 876. The van der Waals surface area contributed by atoms with Crippen LogP contribution in [0.15, 0.2) is 47.6 Å². The Morgan fingerprint density at radius 3 is 2.68 bits per heavy atom. The van der Waals surface area contributed by atoms with Gasteiger partial charge in [-0.05, 0) is 80.4 Å². The summed E-state index contributed by atoms with van der Waals surface area (Å²) in [5.74, 6) is 0.635. The maximum atomic E-state index is 12.3. The van der Waals surface area contributed by atoms with Gasteiger partial charge in [-0.1, -0.05) is 54.8 Å². The predicted octanol–water partition coefficient (Wildman–Crippen LogP) is 5.47. The molecule has 1 aromatic rings. The van der Waals surface area contributed by atoms with Gasteiger partial charge in [0.25, 0.3) is 0 Å². The SMILES string of the molecule is Cc1ccc(C[C@]23CCC(=O)C=C2CCC2(O)C3=CC[C@]3(C)CCC[C@@H]23)cc1. The lowest BCUT2D eigenvalue weighted by Crippen LogP contribution is -2.56. The quantitative estimate of drug-likeness (QED) is 0.695. The summed E-state index contributed by atoms with van der Waals surface area (Å²) < 4.78 is 0. The minimum atomic E-state index is -0.689. The third-order valence-corrected chi connectivity index (χ3v) is 8.56. The molecule has 1 unspecified atom stereocenters. The monoisotopic (exact) mass is 376 g/mol. The third-order valence-electron chi connectivity index (χ3n) is 8.56. The zero-order chi connectivity index (χ0) is 19.6. The highest BCUT2D eigenvalue weighted by atomic mass is 16.3. The summed E-state index contributed by atoms with van der Waals surface area (Å²) in [5.41, 5.74) is 4.52. The van der Waals surface area contributed by atoms with Crippen LogP contribution in [0.25, 0.3) is 0 Å². The van der Waals surface area contributed by atoms with E-state index in [2.05, 4.69) is 44.2 Å². The molecule has 0 spiro atoms. The fraction of sp³-hybridized carbons (Fsp3) is 0.577. The Hall–Kier alpha value is -1.67. The van der Waals surface area contributed by atoms with E-state index in [4.69, 9.17) is 0 Å². The van der Waals surface area contributed by atoms with Gasteiger partial charge in [0.1, 0.15) is 0 Å². The molecule has 0 radical (unpaired) electrons. The summed E-state index contributed by atoms with van der Waals surface area (Å²) >= 11 is 0. The van der Waals surface area contributed by atoms with Crippen molar-refractivity contribution in [2.45, 2.75) is 77.2 Å². The lowest BCUT2D eigenvalue weighted by atomic mass is 9.48. The van der Waals surface area contributed by atoms with Crippen LogP contribution in [0.1, 0.15) is 69.4 Å². The molecule has 2 saturated carbocycles. The van der Waals surface area contributed by atoms with Gasteiger partial charge in [-0.2, -0.15) is 0 Å². The van der Waals surface area contributed by atoms with Crippen LogP contribution in [0.2, 0.25) is 0 Å². The molecule has 1 N–H and O–H groups in total. The number of ketones is 1. The van der Waals surface area contributed by atoms with Gasteiger partial charge in [-0.25, -0.2) is 0 Å². The van der Waals surface area contributed by atoms with Gasteiger partial charge in [0.05, 0.1) is 5.60 Å². The van der Waals surface area contributed by atoms with E-state index in [0.29, 0.717) is 12.3 Å². The first kappa shape index (κ1) is 18.4. The number of benzene rings is 1. The van der Waals surface area contributed by atoms with Gasteiger partial charge in [0.2, 0.25) is 0 Å². The van der Waals surface area contributed by atoms with Crippen molar-refractivity contribution in [2.75, 3.05) is 0 Å². The fourth-order valence-corrected chi connectivity index (χ4v) is 7.11. The normalized spacial score (nSPS) is 39.5. The molecule has 0 aromatic heterocycles. The third kappa shape index (κ3) is 2.53. The number of allylic oxidation sites excluding steroid dienone is 3. The Morgan fingerprint density at radius 1 is 1.11 bits per heavy atom. The second kappa shape index (κ2) is 6.16. The number of aryl methyl sites for hydroxylation is 1. The number of hydrogen-bond donors (Lipinski definition) is 1. The van der Waals surface area contributed by atoms with E-state index in [1.807, 2.05) is 6.08 Å². The van der Waals surface area contributed by atoms with Crippen molar-refractivity contribution in [2.24, 2.45) is 16.7 Å². The van der Waals surface area contributed by atoms with Crippen LogP contribution < -0.4 is 0 Å². The highest BCUT2D eigenvalue weighted by Gasteiger charge is 2.61. The molecule has 0 bridgehead atoms. The topological polar surface area (TPSA) is 37.3 Å². The number of carbonyl (C=O) groups excluding carboxylic acids is 1. The molecular formula is C26H32O2. The molecule has 148 valence electrons. The van der Waals surface area contributed by atoms with Crippen molar-refractivity contribution in [3.63, 3.8) is 0 Å². The fourth-order valence-electron chi connectivity index (χ4n) is 7.11. The highest BCUT2D eigenvalue weighted by molar-refractivity contribution is 5.92. The second-order valence-corrected chi connectivity index (χ2v) is 10.2. The van der Waals surface area contributed by atoms with E-state index < -0.39 is 5.60 Å². The molecular weight excluding hydrogens is 344 g/mol. The van der Waals surface area contributed by atoms with Gasteiger partial charge in [0.15, 0.2) is 5.78 Å². The lowest BCUT2D eigenvalue weighted by molar-refractivity contribution is -0.116. The molecule has 2 heteroatoms. The summed E-state index contributed by atoms with van der Waals surface area (Å²) in [4.78, 5) is 12.3. The zero-order valence-corrected chi connectivity index (χ0v) is 17.3. The maximum Gasteiger partial charge on any atom is 0.155 e. The summed E-state index contributed by atoms with van der Waals surface area (Å²) in [6.07, 6.45) is 13.0. The van der Waals surface area contributed by atoms with Crippen LogP contribution in [0.5, 0.6) is 0 Å². The van der Waals surface area contributed by atoms with Crippen molar-refractivity contribution < 1.29 is 9.90 Å². The minimum Gasteiger partial charge on any atom is -0.385 e. The lowest BCUT2D eigenvalue weighted by Gasteiger charge is -2.58. The summed E-state index contributed by atoms with van der Waals surface area (Å²) in [5, 5.41) is 12.1. The van der Waals surface area contributed by atoms with Crippen molar-refractivity contribution in [1.29, 1.82) is 0 Å². The summed E-state index contributed by atoms with van der Waals surface area (Å²) in [7, 11) is 0. The number of aliphatic hydroxyl groups is 1. The molecule has 0 heterocycles. The number of hydrogen-bond acceptors (Lipinski definition) is 2. The average Bonchev–Trinajstić information content (AvgIpc) is 3.07. The molecule has 28 heavy (non-hydrogen) atoms. The van der Waals surface area contributed by atoms with Gasteiger partial charge in [-0.15, -0.1) is 0 Å². The molecule has 2 nitrogen and oxygen atoms in total. The maximum absolute atomic E-state index is 12.3. The molecule has 4 atom stereocenters. The first-order chi connectivity index (χ1) is 13.4. The van der Waals surface area contributed by atoms with Gasteiger partial charge in [-0.3, -0.25) is 4.79 Å². The molecule has 1 aromatic carbocycles. The van der Waals surface area contributed by atoms with Gasteiger partial charge < -0.3 is 5.11 Å². The van der Waals surface area contributed by atoms with Crippen LogP contribution in [0, 0.1) is 23.7 Å². The molecule has 4 aliphatic carbocycles. The molecule has 2 fully saturated rings. The average molecular weight is 377 g/mol. The van der Waals surface area contributed by atoms with Crippen LogP contribution in [0.3, 0.4) is 0 Å². The summed E-state index contributed by atoms with van der Waals surface area (Å²) in [6.45, 7) is 4.51. The van der Waals surface area contributed by atoms with Crippen molar-refractivity contribution in [1.82, 2.24) is 0 Å². The van der Waals surface area contributed by atoms with Crippen molar-refractivity contribution in [3.8, 4) is 0 Å². The predicted molar refractivity (Wildman–Crippen MR) is 112 cm³/mol. The smallest absolute Gasteiger partial charge is 0.155 e. The van der Waals surface area contributed by atoms with Crippen molar-refractivity contribution >= 4 is 5.78 Å². The van der Waals surface area contributed by atoms with E-state index in [-0.39, 0.29) is 16.6 Å². The Labute approximate surface area is 168 Å². The summed E-state index contributed by atoms with van der Waals surface area (Å²) in [6, 6.07) is 8.83. The van der Waals surface area contributed by atoms with E-state index in [1.165, 1.54) is 35.1 Å². The van der Waals surface area contributed by atoms with Crippen LogP contribution in [-0.4, -0.2) is 16.5 Å². The molecule has 0 saturated heterocycles.